The van der Waals surface area contributed by atoms with Crippen LogP contribution >= 0.6 is 0 Å². The van der Waals surface area contributed by atoms with E-state index in [2.05, 4.69) is 10.1 Å². The Kier molecular flexibility index (Phi) is 4.91. The lowest BCUT2D eigenvalue weighted by Crippen LogP contribution is -2.11. The van der Waals surface area contributed by atoms with Gasteiger partial charge < -0.3 is 13.9 Å². The summed E-state index contributed by atoms with van der Waals surface area (Å²) in [6, 6.07) is 5.60. The molecule has 1 unspecified atom stereocenters. The van der Waals surface area contributed by atoms with E-state index in [1.165, 1.54) is 6.33 Å². The van der Waals surface area contributed by atoms with E-state index in [0.29, 0.717) is 36.2 Å². The van der Waals surface area contributed by atoms with E-state index in [1.807, 2.05) is 35.4 Å². The molecule has 3 heterocycles. The van der Waals surface area contributed by atoms with Crippen LogP contribution in [0.1, 0.15) is 38.3 Å². The van der Waals surface area contributed by atoms with Gasteiger partial charge in [-0.25, -0.2) is 23.1 Å². The minimum atomic E-state index is -4.32. The van der Waals surface area contributed by atoms with Crippen molar-refractivity contribution in [2.45, 2.75) is 39.3 Å². The number of hydrogen-bond acceptors (Lipinski definition) is 7. The van der Waals surface area contributed by atoms with Crippen molar-refractivity contribution in [1.82, 2.24) is 24.3 Å². The van der Waals surface area contributed by atoms with E-state index in [4.69, 9.17) is 9.72 Å². The molecule has 10 heteroatoms. The van der Waals surface area contributed by atoms with Crippen LogP contribution in [0.4, 0.5) is 0 Å². The summed E-state index contributed by atoms with van der Waals surface area (Å²) in [5, 5.41) is 4.28. The van der Waals surface area contributed by atoms with Crippen molar-refractivity contribution in [3.05, 3.63) is 36.3 Å². The van der Waals surface area contributed by atoms with Gasteiger partial charge in [-0.3, -0.25) is 0 Å². The molecule has 4 rings (SSSR count). The Labute approximate surface area is 169 Å². The smallest absolute Gasteiger partial charge is 0.178 e. The van der Waals surface area contributed by atoms with Crippen molar-refractivity contribution >= 4 is 10.1 Å². The molecule has 0 fully saturated rings. The summed E-state index contributed by atoms with van der Waals surface area (Å²) < 4.78 is 43.2. The zero-order valence-electron chi connectivity index (χ0n) is 16.4. The topological polar surface area (TPSA) is 115 Å². The highest BCUT2D eigenvalue weighted by atomic mass is 32.2. The average Bonchev–Trinajstić information content (AvgIpc) is 3.24. The van der Waals surface area contributed by atoms with Gasteiger partial charge in [0.2, 0.25) is 0 Å². The van der Waals surface area contributed by atoms with Crippen molar-refractivity contribution in [1.29, 1.82) is 0 Å². The highest BCUT2D eigenvalue weighted by molar-refractivity contribution is 7.85. The third-order valence-electron chi connectivity index (χ3n) is 4.93. The molecule has 154 valence electrons. The monoisotopic (exact) mass is 416 g/mol. The molecule has 1 aromatic carbocycles. The van der Waals surface area contributed by atoms with E-state index in [9.17, 15) is 13.0 Å². The maximum absolute atomic E-state index is 11.2. The minimum absolute atomic E-state index is 0.145. The first kappa shape index (κ1) is 19.6. The van der Waals surface area contributed by atoms with Crippen LogP contribution in [0.3, 0.4) is 0 Å². The standard InChI is InChI=1S/C19H23N5O4S/c1-12(2)24-19(20-11-21-24)16-9-23-6-7-28-17-5-4-14(8-15(17)18(23)22-16)13(3)10-29(25,26)27/h4-5,8-9,11-13H,6-7,10H2,1-3H3,(H,25,26,27)/p-1. The van der Waals surface area contributed by atoms with Crippen LogP contribution in [-0.2, 0) is 16.7 Å². The molecule has 0 bridgehead atoms. The fraction of sp³-hybridized carbons (Fsp3) is 0.421. The lowest BCUT2D eigenvalue weighted by Gasteiger charge is -2.16. The SMILES string of the molecule is CC(CS(=O)(=O)[O-])c1ccc2c(c1)-c1nc(-c3ncnn3C(C)C)cn1CCO2. The fourth-order valence-electron chi connectivity index (χ4n) is 3.53. The van der Waals surface area contributed by atoms with Crippen molar-refractivity contribution in [2.24, 2.45) is 0 Å². The van der Waals surface area contributed by atoms with E-state index in [0.717, 1.165) is 11.1 Å². The predicted molar refractivity (Wildman–Crippen MR) is 106 cm³/mol. The van der Waals surface area contributed by atoms with E-state index < -0.39 is 21.8 Å². The maximum Gasteiger partial charge on any atom is 0.178 e. The molecule has 29 heavy (non-hydrogen) atoms. The molecule has 0 aliphatic carbocycles. The van der Waals surface area contributed by atoms with Crippen molar-refractivity contribution in [3.8, 4) is 28.7 Å². The second-order valence-electron chi connectivity index (χ2n) is 7.49. The molecule has 0 saturated carbocycles. The summed E-state index contributed by atoms with van der Waals surface area (Å²) in [5.74, 6) is 1.18. The van der Waals surface area contributed by atoms with Gasteiger partial charge in [0.05, 0.1) is 22.2 Å². The molecule has 0 radical (unpaired) electrons. The third kappa shape index (κ3) is 3.90. The molecule has 0 saturated heterocycles. The number of nitrogens with zero attached hydrogens (tertiary/aromatic N) is 5. The van der Waals surface area contributed by atoms with Crippen LogP contribution in [0.25, 0.3) is 22.9 Å². The molecule has 0 amide bonds. The number of ether oxygens (including phenoxy) is 1. The Balaban J connectivity index is 1.78. The molecule has 0 N–H and O–H groups in total. The number of rotatable bonds is 5. The Morgan fingerprint density at radius 1 is 1.24 bits per heavy atom. The molecule has 1 aliphatic rings. The second kappa shape index (κ2) is 7.27. The van der Waals surface area contributed by atoms with Crippen LogP contribution in [0.2, 0.25) is 0 Å². The van der Waals surface area contributed by atoms with Crippen LogP contribution in [0, 0.1) is 0 Å². The maximum atomic E-state index is 11.2. The summed E-state index contributed by atoms with van der Waals surface area (Å²) in [6.07, 6.45) is 3.44. The van der Waals surface area contributed by atoms with Gasteiger partial charge >= 0.3 is 0 Å². The van der Waals surface area contributed by atoms with Crippen LogP contribution in [-0.4, -0.2) is 49.6 Å². The van der Waals surface area contributed by atoms with Crippen molar-refractivity contribution in [2.75, 3.05) is 12.4 Å². The zero-order valence-corrected chi connectivity index (χ0v) is 17.3. The van der Waals surface area contributed by atoms with Crippen molar-refractivity contribution < 1.29 is 17.7 Å². The summed E-state index contributed by atoms with van der Waals surface area (Å²) in [7, 11) is -4.32. The molecule has 2 aromatic heterocycles. The number of fused-ring (bicyclic) bond motifs is 3. The quantitative estimate of drug-likeness (QED) is 0.587. The summed E-state index contributed by atoms with van der Waals surface area (Å²) in [5.41, 5.74) is 2.21. The van der Waals surface area contributed by atoms with Gasteiger partial charge in [-0.1, -0.05) is 13.0 Å². The fourth-order valence-corrected chi connectivity index (χ4v) is 4.34. The van der Waals surface area contributed by atoms with Gasteiger partial charge in [-0.2, -0.15) is 5.10 Å². The summed E-state index contributed by atoms with van der Waals surface area (Å²) in [6.45, 7) is 6.88. The lowest BCUT2D eigenvalue weighted by molar-refractivity contribution is 0.306. The minimum Gasteiger partial charge on any atom is -0.748 e. The Morgan fingerprint density at radius 2 is 2.03 bits per heavy atom. The molecular weight excluding hydrogens is 394 g/mol. The van der Waals surface area contributed by atoms with Gasteiger partial charge in [0, 0.05) is 18.0 Å². The number of benzene rings is 1. The second-order valence-corrected chi connectivity index (χ2v) is 8.94. The average molecular weight is 416 g/mol. The number of hydrogen-bond donors (Lipinski definition) is 0. The van der Waals surface area contributed by atoms with Crippen LogP contribution in [0.15, 0.2) is 30.7 Å². The summed E-state index contributed by atoms with van der Waals surface area (Å²) >= 11 is 0. The van der Waals surface area contributed by atoms with Gasteiger partial charge in [0.25, 0.3) is 0 Å². The van der Waals surface area contributed by atoms with Gasteiger partial charge in [0.1, 0.15) is 30.2 Å². The molecule has 3 aromatic rings. The number of aromatic nitrogens is 5. The summed E-state index contributed by atoms with van der Waals surface area (Å²) in [4.78, 5) is 9.15. The van der Waals surface area contributed by atoms with Crippen LogP contribution < -0.4 is 4.74 Å². The molecule has 0 spiro atoms. The first-order valence-corrected chi connectivity index (χ1v) is 11.0. The zero-order chi connectivity index (χ0) is 20.8. The van der Waals surface area contributed by atoms with Gasteiger partial charge in [-0.15, -0.1) is 0 Å². The molecule has 1 atom stereocenters. The van der Waals surface area contributed by atoms with E-state index in [-0.39, 0.29) is 6.04 Å². The predicted octanol–water partition coefficient (Wildman–Crippen LogP) is 2.43. The lowest BCUT2D eigenvalue weighted by atomic mass is 10.00. The highest BCUT2D eigenvalue weighted by Crippen LogP contribution is 2.36. The highest BCUT2D eigenvalue weighted by Gasteiger charge is 2.23. The molecule has 9 nitrogen and oxygen atoms in total. The normalized spacial score (nSPS) is 14.8. The van der Waals surface area contributed by atoms with Crippen LogP contribution in [0.5, 0.6) is 5.75 Å². The van der Waals surface area contributed by atoms with Gasteiger partial charge in [0.15, 0.2) is 5.82 Å². The number of imidazole rings is 1. The molecule has 1 aliphatic heterocycles. The molecular formula is C19H22N5O4S-. The first-order chi connectivity index (χ1) is 13.7. The third-order valence-corrected chi connectivity index (χ3v) is 5.83. The van der Waals surface area contributed by atoms with E-state index >= 15 is 0 Å². The Hall–Kier alpha value is -2.72. The van der Waals surface area contributed by atoms with Gasteiger partial charge in [-0.05, 0) is 37.5 Å². The largest absolute Gasteiger partial charge is 0.748 e. The Morgan fingerprint density at radius 3 is 2.76 bits per heavy atom. The Bertz CT molecular complexity index is 1150. The van der Waals surface area contributed by atoms with Crippen molar-refractivity contribution in [3.63, 3.8) is 0 Å². The van der Waals surface area contributed by atoms with E-state index in [1.54, 1.807) is 19.1 Å². The first-order valence-electron chi connectivity index (χ1n) is 9.40.